The molecule has 1 saturated carbocycles. The van der Waals surface area contributed by atoms with Gasteiger partial charge in [-0.1, -0.05) is 19.3 Å². The first-order valence-electron chi connectivity index (χ1n) is 7.41. The van der Waals surface area contributed by atoms with Crippen LogP contribution in [0.4, 0.5) is 0 Å². The number of aryl methyl sites for hydroxylation is 3. The third kappa shape index (κ3) is 3.36. The summed E-state index contributed by atoms with van der Waals surface area (Å²) in [6.07, 6.45) is 10.9. The van der Waals surface area contributed by atoms with Crippen LogP contribution >= 0.6 is 11.3 Å². The smallest absolute Gasteiger partial charge is 0.00490 e. The molecule has 1 nitrogen and oxygen atoms in total. The number of rotatable bonds is 5. The van der Waals surface area contributed by atoms with Gasteiger partial charge in [0.2, 0.25) is 0 Å². The minimum atomic E-state index is 0.565. The second kappa shape index (κ2) is 6.21. The summed E-state index contributed by atoms with van der Waals surface area (Å²) in [6, 6.07) is 2.39. The molecule has 1 heterocycles. The van der Waals surface area contributed by atoms with Gasteiger partial charge in [-0.05, 0) is 69.5 Å². The molecule has 102 valence electrons. The Morgan fingerprint density at radius 3 is 2.44 bits per heavy atom. The lowest BCUT2D eigenvalue weighted by Gasteiger charge is -2.37. The van der Waals surface area contributed by atoms with E-state index < -0.39 is 0 Å². The van der Waals surface area contributed by atoms with Crippen molar-refractivity contribution in [2.75, 3.05) is 6.54 Å². The van der Waals surface area contributed by atoms with E-state index >= 15 is 0 Å². The third-order valence-electron chi connectivity index (χ3n) is 4.66. The molecular formula is C16H27NS. The highest BCUT2D eigenvalue weighted by Crippen LogP contribution is 2.43. The van der Waals surface area contributed by atoms with Gasteiger partial charge in [-0.15, -0.1) is 11.3 Å². The fourth-order valence-corrected chi connectivity index (χ4v) is 4.54. The first-order chi connectivity index (χ1) is 8.65. The molecule has 0 aliphatic heterocycles. The molecular weight excluding hydrogens is 238 g/mol. The summed E-state index contributed by atoms with van der Waals surface area (Å²) in [5.74, 6) is 0. The summed E-state index contributed by atoms with van der Waals surface area (Å²) in [5.41, 5.74) is 8.00. The number of hydrogen-bond donors (Lipinski definition) is 1. The van der Waals surface area contributed by atoms with E-state index in [-0.39, 0.29) is 0 Å². The molecule has 0 saturated heterocycles. The maximum absolute atomic E-state index is 5.85. The van der Waals surface area contributed by atoms with E-state index in [2.05, 4.69) is 19.9 Å². The Bertz CT molecular complexity index is 369. The standard InChI is InChI=1S/C16H27NS/c1-13-12-15(14(2)18-13)6-9-16(10-11-17)7-4-3-5-8-16/h12H,3-11,17H2,1-2H3. The van der Waals surface area contributed by atoms with Crippen molar-refractivity contribution in [1.82, 2.24) is 0 Å². The average molecular weight is 265 g/mol. The van der Waals surface area contributed by atoms with E-state index in [1.54, 1.807) is 5.56 Å². The SMILES string of the molecule is Cc1cc(CCC2(CCN)CCCCC2)c(C)s1. The number of nitrogens with two attached hydrogens (primary N) is 1. The van der Waals surface area contributed by atoms with Crippen LogP contribution in [0.5, 0.6) is 0 Å². The number of thiophene rings is 1. The Balaban J connectivity index is 1.99. The second-order valence-corrected chi connectivity index (χ2v) is 7.50. The van der Waals surface area contributed by atoms with Gasteiger partial charge in [-0.2, -0.15) is 0 Å². The lowest BCUT2D eigenvalue weighted by Crippen LogP contribution is -2.28. The lowest BCUT2D eigenvalue weighted by atomic mass is 9.68. The van der Waals surface area contributed by atoms with Crippen molar-refractivity contribution in [1.29, 1.82) is 0 Å². The summed E-state index contributed by atoms with van der Waals surface area (Å²) in [7, 11) is 0. The molecule has 0 bridgehead atoms. The topological polar surface area (TPSA) is 26.0 Å². The molecule has 1 aliphatic carbocycles. The Hall–Kier alpha value is -0.340. The van der Waals surface area contributed by atoms with Gasteiger partial charge < -0.3 is 5.73 Å². The Morgan fingerprint density at radius 2 is 1.89 bits per heavy atom. The van der Waals surface area contributed by atoms with Gasteiger partial charge in [-0.25, -0.2) is 0 Å². The summed E-state index contributed by atoms with van der Waals surface area (Å²) in [4.78, 5) is 2.98. The van der Waals surface area contributed by atoms with Crippen molar-refractivity contribution < 1.29 is 0 Å². The molecule has 0 spiro atoms. The highest BCUT2D eigenvalue weighted by molar-refractivity contribution is 7.12. The zero-order chi connectivity index (χ0) is 13.0. The molecule has 0 radical (unpaired) electrons. The largest absolute Gasteiger partial charge is 0.330 e. The zero-order valence-electron chi connectivity index (χ0n) is 11.9. The normalized spacial score (nSPS) is 19.1. The first-order valence-corrected chi connectivity index (χ1v) is 8.23. The van der Waals surface area contributed by atoms with Gasteiger partial charge in [0, 0.05) is 9.75 Å². The molecule has 1 aliphatic rings. The zero-order valence-corrected chi connectivity index (χ0v) is 12.7. The van der Waals surface area contributed by atoms with Crippen LogP contribution in [0.2, 0.25) is 0 Å². The molecule has 0 atom stereocenters. The summed E-state index contributed by atoms with van der Waals surface area (Å²) >= 11 is 1.94. The first kappa shape index (κ1) is 14.1. The maximum atomic E-state index is 5.85. The van der Waals surface area contributed by atoms with Gasteiger partial charge in [0.25, 0.3) is 0 Å². The minimum Gasteiger partial charge on any atom is -0.330 e. The molecule has 1 fully saturated rings. The van der Waals surface area contributed by atoms with Gasteiger partial charge in [0.15, 0.2) is 0 Å². The van der Waals surface area contributed by atoms with Gasteiger partial charge in [0.1, 0.15) is 0 Å². The van der Waals surface area contributed by atoms with E-state index in [1.165, 1.54) is 61.1 Å². The van der Waals surface area contributed by atoms with Crippen LogP contribution in [0, 0.1) is 19.3 Å². The fraction of sp³-hybridized carbons (Fsp3) is 0.750. The van der Waals surface area contributed by atoms with Crippen molar-refractivity contribution in [3.8, 4) is 0 Å². The van der Waals surface area contributed by atoms with Gasteiger partial charge in [-0.3, -0.25) is 0 Å². The Kier molecular flexibility index (Phi) is 4.85. The number of hydrogen-bond acceptors (Lipinski definition) is 2. The highest BCUT2D eigenvalue weighted by atomic mass is 32.1. The van der Waals surface area contributed by atoms with E-state index in [4.69, 9.17) is 5.73 Å². The van der Waals surface area contributed by atoms with Crippen molar-refractivity contribution in [2.45, 2.75) is 65.2 Å². The van der Waals surface area contributed by atoms with E-state index in [0.29, 0.717) is 5.41 Å². The molecule has 2 N–H and O–H groups in total. The van der Waals surface area contributed by atoms with E-state index in [1.807, 2.05) is 11.3 Å². The third-order valence-corrected chi connectivity index (χ3v) is 5.67. The Labute approximate surface area is 116 Å². The molecule has 18 heavy (non-hydrogen) atoms. The highest BCUT2D eigenvalue weighted by Gasteiger charge is 2.30. The second-order valence-electron chi connectivity index (χ2n) is 6.04. The summed E-state index contributed by atoms with van der Waals surface area (Å²) in [6.45, 7) is 5.35. The van der Waals surface area contributed by atoms with Gasteiger partial charge >= 0.3 is 0 Å². The van der Waals surface area contributed by atoms with E-state index in [0.717, 1.165) is 6.54 Å². The predicted molar refractivity (Wildman–Crippen MR) is 81.3 cm³/mol. The van der Waals surface area contributed by atoms with Crippen LogP contribution in [0.25, 0.3) is 0 Å². The minimum absolute atomic E-state index is 0.565. The quantitative estimate of drug-likeness (QED) is 0.827. The van der Waals surface area contributed by atoms with Crippen LogP contribution < -0.4 is 5.73 Å². The summed E-state index contributed by atoms with van der Waals surface area (Å²) in [5, 5.41) is 0. The molecule has 1 aromatic heterocycles. The van der Waals surface area contributed by atoms with Crippen molar-refractivity contribution >= 4 is 11.3 Å². The van der Waals surface area contributed by atoms with Gasteiger partial charge in [0.05, 0.1) is 0 Å². The average Bonchev–Trinajstić information content (AvgIpc) is 2.67. The van der Waals surface area contributed by atoms with Crippen LogP contribution in [0.1, 0.15) is 60.3 Å². The molecule has 0 unspecified atom stereocenters. The van der Waals surface area contributed by atoms with E-state index in [9.17, 15) is 0 Å². The van der Waals surface area contributed by atoms with Crippen LogP contribution in [-0.4, -0.2) is 6.54 Å². The van der Waals surface area contributed by atoms with Crippen LogP contribution in [0.15, 0.2) is 6.07 Å². The fourth-order valence-electron chi connectivity index (χ4n) is 3.56. The van der Waals surface area contributed by atoms with Crippen molar-refractivity contribution in [3.63, 3.8) is 0 Å². The molecule has 1 aromatic rings. The predicted octanol–water partition coefficient (Wildman–Crippen LogP) is 4.60. The van der Waals surface area contributed by atoms with Crippen LogP contribution in [0.3, 0.4) is 0 Å². The Morgan fingerprint density at radius 1 is 1.17 bits per heavy atom. The van der Waals surface area contributed by atoms with Crippen LogP contribution in [-0.2, 0) is 6.42 Å². The molecule has 2 heteroatoms. The molecule has 0 amide bonds. The monoisotopic (exact) mass is 265 g/mol. The molecule has 0 aromatic carbocycles. The maximum Gasteiger partial charge on any atom is 0.00490 e. The summed E-state index contributed by atoms with van der Waals surface area (Å²) < 4.78 is 0. The lowest BCUT2D eigenvalue weighted by molar-refractivity contribution is 0.161. The molecule has 2 rings (SSSR count). The van der Waals surface area contributed by atoms with Crippen molar-refractivity contribution in [3.05, 3.63) is 21.4 Å². The van der Waals surface area contributed by atoms with Crippen molar-refractivity contribution in [2.24, 2.45) is 11.1 Å².